The number of rotatable bonds is 4. The molecule has 2 aromatic carbocycles. The standard InChI is InChI=1S/C23H15Cl2N3O2S/c24-14-6-9-19(25)17(12-14)20-10-7-16(30-20)8-11-21-27-22(29)18(13-26)23(31)28(21)15-4-2-1-3-5-15/h1-12,21,31H,(H,27,29). The van der Waals surface area contributed by atoms with Crippen LogP contribution in [0.15, 0.2) is 81.8 Å². The van der Waals surface area contributed by atoms with Crippen LogP contribution in [0.25, 0.3) is 17.4 Å². The first-order chi connectivity index (χ1) is 15.0. The summed E-state index contributed by atoms with van der Waals surface area (Å²) in [4.78, 5) is 14.1. The van der Waals surface area contributed by atoms with Crippen molar-refractivity contribution in [1.82, 2.24) is 5.32 Å². The summed E-state index contributed by atoms with van der Waals surface area (Å²) in [5, 5.41) is 13.5. The van der Waals surface area contributed by atoms with Crippen LogP contribution in [0.3, 0.4) is 0 Å². The number of nitriles is 1. The van der Waals surface area contributed by atoms with Crippen molar-refractivity contribution in [3.63, 3.8) is 0 Å². The number of benzene rings is 2. The largest absolute Gasteiger partial charge is 0.457 e. The van der Waals surface area contributed by atoms with Crippen molar-refractivity contribution in [2.45, 2.75) is 6.17 Å². The molecule has 8 heteroatoms. The van der Waals surface area contributed by atoms with Crippen molar-refractivity contribution < 1.29 is 9.21 Å². The summed E-state index contributed by atoms with van der Waals surface area (Å²) in [6.07, 6.45) is 2.93. The van der Waals surface area contributed by atoms with Gasteiger partial charge in [0.15, 0.2) is 0 Å². The van der Waals surface area contributed by atoms with Gasteiger partial charge in [-0.1, -0.05) is 41.4 Å². The lowest BCUT2D eigenvalue weighted by Gasteiger charge is -2.36. The van der Waals surface area contributed by atoms with E-state index in [0.29, 0.717) is 27.1 Å². The van der Waals surface area contributed by atoms with Crippen molar-refractivity contribution in [3.05, 3.63) is 93.1 Å². The Morgan fingerprint density at radius 2 is 1.90 bits per heavy atom. The Bertz CT molecular complexity index is 1250. The molecule has 1 atom stereocenters. The number of nitrogens with zero attached hydrogens (tertiary/aromatic N) is 2. The summed E-state index contributed by atoms with van der Waals surface area (Å²) < 4.78 is 5.89. The molecular formula is C23H15Cl2N3O2S. The predicted octanol–water partition coefficient (Wildman–Crippen LogP) is 5.89. The molecule has 0 spiro atoms. The highest BCUT2D eigenvalue weighted by Crippen LogP contribution is 2.33. The Morgan fingerprint density at radius 3 is 2.65 bits per heavy atom. The molecule has 0 aliphatic carbocycles. The normalized spacial score (nSPS) is 16.5. The molecule has 5 nitrogen and oxygen atoms in total. The van der Waals surface area contributed by atoms with Crippen molar-refractivity contribution >= 4 is 53.5 Å². The van der Waals surface area contributed by atoms with Crippen LogP contribution >= 0.6 is 35.8 Å². The molecule has 1 amide bonds. The van der Waals surface area contributed by atoms with Gasteiger partial charge in [-0.25, -0.2) is 0 Å². The Kier molecular flexibility index (Phi) is 6.10. The van der Waals surface area contributed by atoms with Gasteiger partial charge in [0.2, 0.25) is 0 Å². The monoisotopic (exact) mass is 467 g/mol. The Labute approximate surface area is 194 Å². The Balaban J connectivity index is 1.66. The Morgan fingerprint density at radius 1 is 1.13 bits per heavy atom. The van der Waals surface area contributed by atoms with E-state index in [1.165, 1.54) is 0 Å². The van der Waals surface area contributed by atoms with Gasteiger partial charge in [-0.3, -0.25) is 4.79 Å². The molecule has 0 saturated carbocycles. The number of hydrogen-bond acceptors (Lipinski definition) is 5. The third-order valence-corrected chi connectivity index (χ3v) is 5.65. The number of carbonyl (C=O) groups excluding carboxylic acids is 1. The summed E-state index contributed by atoms with van der Waals surface area (Å²) in [7, 11) is 0. The number of carbonyl (C=O) groups is 1. The van der Waals surface area contributed by atoms with Crippen LogP contribution in [0.2, 0.25) is 10.0 Å². The number of hydrogen-bond donors (Lipinski definition) is 2. The Hall–Kier alpha value is -3.11. The predicted molar refractivity (Wildman–Crippen MR) is 126 cm³/mol. The van der Waals surface area contributed by atoms with Gasteiger partial charge in [-0.15, -0.1) is 12.6 Å². The van der Waals surface area contributed by atoms with Crippen LogP contribution in [0.1, 0.15) is 5.76 Å². The highest BCUT2D eigenvalue weighted by Gasteiger charge is 2.31. The van der Waals surface area contributed by atoms with Gasteiger partial charge in [0, 0.05) is 16.3 Å². The maximum atomic E-state index is 12.3. The molecule has 0 bridgehead atoms. The summed E-state index contributed by atoms with van der Waals surface area (Å²) in [6, 6.07) is 20.0. The molecule has 0 fully saturated rings. The lowest BCUT2D eigenvalue weighted by molar-refractivity contribution is -0.117. The van der Waals surface area contributed by atoms with Crippen molar-refractivity contribution in [3.8, 4) is 17.4 Å². The van der Waals surface area contributed by atoms with E-state index in [9.17, 15) is 10.1 Å². The summed E-state index contributed by atoms with van der Waals surface area (Å²) in [5.41, 5.74) is 1.42. The SMILES string of the molecule is N#CC1=C(S)N(c2ccccc2)C(C=Cc2ccc(-c3cc(Cl)ccc3Cl)o2)NC1=O. The van der Waals surface area contributed by atoms with Crippen LogP contribution in [0, 0.1) is 11.3 Å². The minimum atomic E-state index is -0.567. The number of furan rings is 1. The summed E-state index contributed by atoms with van der Waals surface area (Å²) in [5.74, 6) is 0.644. The number of nitrogens with one attached hydrogen (secondary N) is 1. The summed E-state index contributed by atoms with van der Waals surface area (Å²) in [6.45, 7) is 0. The van der Waals surface area contributed by atoms with E-state index in [0.717, 1.165) is 5.69 Å². The van der Waals surface area contributed by atoms with E-state index in [1.54, 1.807) is 47.4 Å². The molecule has 1 unspecified atom stereocenters. The number of amides is 1. The van der Waals surface area contributed by atoms with Crippen LogP contribution in [0.4, 0.5) is 5.69 Å². The lowest BCUT2D eigenvalue weighted by Crippen LogP contribution is -2.51. The number of anilines is 1. The second-order valence-corrected chi connectivity index (χ2v) is 7.89. The van der Waals surface area contributed by atoms with E-state index in [1.807, 2.05) is 36.4 Å². The average Bonchev–Trinajstić information content (AvgIpc) is 3.23. The lowest BCUT2D eigenvalue weighted by atomic mass is 10.1. The molecule has 0 saturated heterocycles. The number of para-hydroxylation sites is 1. The minimum absolute atomic E-state index is 0.0484. The first-order valence-electron chi connectivity index (χ1n) is 9.20. The molecular weight excluding hydrogens is 453 g/mol. The highest BCUT2D eigenvalue weighted by atomic mass is 35.5. The second kappa shape index (κ2) is 8.94. The molecule has 1 aliphatic rings. The van der Waals surface area contributed by atoms with Gasteiger partial charge in [-0.2, -0.15) is 5.26 Å². The zero-order chi connectivity index (χ0) is 22.0. The van der Waals surface area contributed by atoms with Gasteiger partial charge in [-0.05, 0) is 54.6 Å². The van der Waals surface area contributed by atoms with Gasteiger partial charge >= 0.3 is 0 Å². The quantitative estimate of drug-likeness (QED) is 0.469. The van der Waals surface area contributed by atoms with E-state index in [4.69, 9.17) is 27.6 Å². The second-order valence-electron chi connectivity index (χ2n) is 6.62. The fourth-order valence-corrected chi connectivity index (χ4v) is 3.96. The zero-order valence-electron chi connectivity index (χ0n) is 15.9. The molecule has 1 aromatic heterocycles. The topological polar surface area (TPSA) is 69.3 Å². The first kappa shape index (κ1) is 21.1. The van der Waals surface area contributed by atoms with E-state index in [-0.39, 0.29) is 10.6 Å². The first-order valence-corrected chi connectivity index (χ1v) is 10.4. The molecule has 1 aliphatic heterocycles. The van der Waals surface area contributed by atoms with Crippen LogP contribution < -0.4 is 10.2 Å². The van der Waals surface area contributed by atoms with Gasteiger partial charge in [0.1, 0.15) is 29.3 Å². The number of halogens is 2. The van der Waals surface area contributed by atoms with Crippen LogP contribution in [0.5, 0.6) is 0 Å². The number of thiol groups is 1. The third-order valence-electron chi connectivity index (χ3n) is 4.65. The maximum Gasteiger partial charge on any atom is 0.266 e. The minimum Gasteiger partial charge on any atom is -0.457 e. The molecule has 4 rings (SSSR count). The maximum absolute atomic E-state index is 12.3. The molecule has 154 valence electrons. The average molecular weight is 468 g/mol. The third kappa shape index (κ3) is 4.35. The molecule has 31 heavy (non-hydrogen) atoms. The molecule has 1 N–H and O–H groups in total. The van der Waals surface area contributed by atoms with Gasteiger partial charge < -0.3 is 14.6 Å². The smallest absolute Gasteiger partial charge is 0.266 e. The van der Waals surface area contributed by atoms with Crippen LogP contribution in [-0.2, 0) is 4.79 Å². The van der Waals surface area contributed by atoms with Crippen molar-refractivity contribution in [1.29, 1.82) is 5.26 Å². The molecule has 2 heterocycles. The van der Waals surface area contributed by atoms with Crippen molar-refractivity contribution in [2.75, 3.05) is 4.90 Å². The van der Waals surface area contributed by atoms with Gasteiger partial charge in [0.05, 0.1) is 10.1 Å². The summed E-state index contributed by atoms with van der Waals surface area (Å²) >= 11 is 16.8. The highest BCUT2D eigenvalue weighted by molar-refractivity contribution is 7.84. The molecule has 3 aromatic rings. The fourth-order valence-electron chi connectivity index (χ4n) is 3.19. The fraction of sp³-hybridized carbons (Fsp3) is 0.0435. The van der Waals surface area contributed by atoms with Crippen LogP contribution in [-0.4, -0.2) is 12.1 Å². The van der Waals surface area contributed by atoms with Gasteiger partial charge in [0.25, 0.3) is 5.91 Å². The van der Waals surface area contributed by atoms with Crippen molar-refractivity contribution in [2.24, 2.45) is 0 Å². The van der Waals surface area contributed by atoms with E-state index < -0.39 is 12.1 Å². The molecule has 0 radical (unpaired) electrons. The van der Waals surface area contributed by atoms with E-state index >= 15 is 0 Å². The van der Waals surface area contributed by atoms with E-state index in [2.05, 4.69) is 17.9 Å². The zero-order valence-corrected chi connectivity index (χ0v) is 18.3.